The molecule has 1 aliphatic carbocycles. The summed E-state index contributed by atoms with van der Waals surface area (Å²) in [5, 5.41) is 2.79. The molecule has 18 heavy (non-hydrogen) atoms. The van der Waals surface area contributed by atoms with Gasteiger partial charge in [0.1, 0.15) is 0 Å². The van der Waals surface area contributed by atoms with Gasteiger partial charge in [0, 0.05) is 30.1 Å². The van der Waals surface area contributed by atoms with E-state index in [-0.39, 0.29) is 23.6 Å². The van der Waals surface area contributed by atoms with Crippen LogP contribution in [0.2, 0.25) is 0 Å². The number of rotatable bonds is 6. The van der Waals surface area contributed by atoms with E-state index in [0.29, 0.717) is 18.9 Å². The average molecular weight is 326 g/mol. The molecule has 0 spiro atoms. The predicted octanol–water partition coefficient (Wildman–Crippen LogP) is 3.74. The van der Waals surface area contributed by atoms with Gasteiger partial charge in [0.15, 0.2) is 0 Å². The van der Waals surface area contributed by atoms with Crippen LogP contribution in [-0.2, 0) is 4.79 Å². The Kier molecular flexibility index (Phi) is 6.02. The van der Waals surface area contributed by atoms with Crippen molar-refractivity contribution in [3.05, 3.63) is 0 Å². The maximum Gasteiger partial charge on any atom is 0.248 e. The minimum atomic E-state index is -2.65. The highest BCUT2D eigenvalue weighted by atomic mass is 79.9. The number of hydrogen-bond donors (Lipinski definition) is 1. The molecule has 0 aromatic carbocycles. The van der Waals surface area contributed by atoms with Crippen molar-refractivity contribution in [1.82, 2.24) is 5.32 Å². The first-order valence-corrected chi connectivity index (χ1v) is 7.60. The van der Waals surface area contributed by atoms with Crippen LogP contribution in [0.1, 0.15) is 46.0 Å². The lowest BCUT2D eigenvalue weighted by atomic mass is 9.99. The van der Waals surface area contributed by atoms with Crippen LogP contribution < -0.4 is 5.32 Å². The summed E-state index contributed by atoms with van der Waals surface area (Å²) >= 11 is 3.56. The first kappa shape index (κ1) is 15.9. The molecule has 2 unspecified atom stereocenters. The van der Waals surface area contributed by atoms with E-state index in [1.165, 1.54) is 0 Å². The molecular formula is C13H22BrF2NO. The Hall–Kier alpha value is -0.190. The van der Waals surface area contributed by atoms with Crippen molar-refractivity contribution in [2.24, 2.45) is 11.8 Å². The quantitative estimate of drug-likeness (QED) is 0.740. The normalized spacial score (nSPS) is 24.2. The Balaban J connectivity index is 2.33. The fraction of sp³-hybridized carbons (Fsp3) is 0.923. The van der Waals surface area contributed by atoms with Gasteiger partial charge in [0.25, 0.3) is 0 Å². The fourth-order valence-electron chi connectivity index (χ4n) is 2.48. The molecule has 2 nitrogen and oxygen atoms in total. The average Bonchev–Trinajstić information content (AvgIpc) is 2.68. The second-order valence-electron chi connectivity index (χ2n) is 5.13. The Morgan fingerprint density at radius 2 is 2.06 bits per heavy atom. The number of nitrogens with one attached hydrogen (secondary N) is 1. The first-order chi connectivity index (χ1) is 8.39. The lowest BCUT2D eigenvalue weighted by Gasteiger charge is -2.21. The highest BCUT2D eigenvalue weighted by Crippen LogP contribution is 2.38. The summed E-state index contributed by atoms with van der Waals surface area (Å²) in [6, 6.07) is 0. The zero-order chi connectivity index (χ0) is 13.8. The molecule has 1 rings (SSSR count). The maximum atomic E-state index is 13.0. The van der Waals surface area contributed by atoms with Gasteiger partial charge in [-0.05, 0) is 12.3 Å². The van der Waals surface area contributed by atoms with Gasteiger partial charge < -0.3 is 5.32 Å². The molecular weight excluding hydrogens is 304 g/mol. The third-order valence-electron chi connectivity index (χ3n) is 3.81. The topological polar surface area (TPSA) is 29.1 Å². The molecule has 1 aliphatic rings. The van der Waals surface area contributed by atoms with Crippen molar-refractivity contribution in [2.75, 3.05) is 6.54 Å². The SMILES string of the molecule is CCC(CC)C(Br)CNC(=O)C1CCC(F)(F)C1. The van der Waals surface area contributed by atoms with Gasteiger partial charge in [-0.3, -0.25) is 4.79 Å². The van der Waals surface area contributed by atoms with Crippen LogP contribution in [0.4, 0.5) is 8.78 Å². The van der Waals surface area contributed by atoms with E-state index < -0.39 is 11.8 Å². The van der Waals surface area contributed by atoms with Gasteiger partial charge in [-0.1, -0.05) is 42.6 Å². The molecule has 0 radical (unpaired) electrons. The number of halogens is 3. The van der Waals surface area contributed by atoms with Crippen LogP contribution in [0.3, 0.4) is 0 Å². The number of carbonyl (C=O) groups excluding carboxylic acids is 1. The molecule has 1 N–H and O–H groups in total. The summed E-state index contributed by atoms with van der Waals surface area (Å²) in [5.41, 5.74) is 0. The van der Waals surface area contributed by atoms with Gasteiger partial charge in [-0.15, -0.1) is 0 Å². The van der Waals surface area contributed by atoms with E-state index in [0.717, 1.165) is 12.8 Å². The molecule has 0 saturated heterocycles. The standard InChI is InChI=1S/C13H22BrF2NO/c1-3-9(4-2)11(14)8-17-12(18)10-5-6-13(15,16)7-10/h9-11H,3-8H2,1-2H3,(H,17,18). The molecule has 1 saturated carbocycles. The summed E-state index contributed by atoms with van der Waals surface area (Å²) in [7, 11) is 0. The van der Waals surface area contributed by atoms with Gasteiger partial charge in [0.05, 0.1) is 0 Å². The summed E-state index contributed by atoms with van der Waals surface area (Å²) in [4.78, 5) is 12.0. The van der Waals surface area contributed by atoms with Crippen molar-refractivity contribution >= 4 is 21.8 Å². The van der Waals surface area contributed by atoms with Crippen molar-refractivity contribution in [2.45, 2.75) is 56.7 Å². The van der Waals surface area contributed by atoms with E-state index in [2.05, 4.69) is 35.1 Å². The van der Waals surface area contributed by atoms with Crippen molar-refractivity contribution < 1.29 is 13.6 Å². The van der Waals surface area contributed by atoms with Crippen molar-refractivity contribution in [3.8, 4) is 0 Å². The summed E-state index contributed by atoms with van der Waals surface area (Å²) in [6.45, 7) is 4.75. The van der Waals surface area contributed by atoms with Gasteiger partial charge in [-0.2, -0.15) is 0 Å². The minimum Gasteiger partial charge on any atom is -0.355 e. The molecule has 0 aromatic rings. The molecule has 1 fully saturated rings. The number of amides is 1. The molecule has 0 heterocycles. The lowest BCUT2D eigenvalue weighted by Crippen LogP contribution is -2.36. The number of alkyl halides is 3. The van der Waals surface area contributed by atoms with E-state index in [1.54, 1.807) is 0 Å². The van der Waals surface area contributed by atoms with Gasteiger partial charge in [-0.25, -0.2) is 8.78 Å². The second kappa shape index (κ2) is 6.83. The zero-order valence-corrected chi connectivity index (χ0v) is 12.6. The Morgan fingerprint density at radius 3 is 2.50 bits per heavy atom. The van der Waals surface area contributed by atoms with Crippen molar-refractivity contribution in [1.29, 1.82) is 0 Å². The maximum absolute atomic E-state index is 13.0. The fourth-order valence-corrected chi connectivity index (χ4v) is 3.39. The third kappa shape index (κ3) is 4.48. The highest BCUT2D eigenvalue weighted by molar-refractivity contribution is 9.09. The monoisotopic (exact) mass is 325 g/mol. The molecule has 0 aliphatic heterocycles. The van der Waals surface area contributed by atoms with Crippen molar-refractivity contribution in [3.63, 3.8) is 0 Å². The van der Waals surface area contributed by atoms with Crippen LogP contribution in [0.25, 0.3) is 0 Å². The summed E-state index contributed by atoms with van der Waals surface area (Å²) in [6.07, 6.45) is 1.94. The molecule has 0 aromatic heterocycles. The predicted molar refractivity (Wildman–Crippen MR) is 72.1 cm³/mol. The third-order valence-corrected chi connectivity index (χ3v) is 4.88. The van der Waals surface area contributed by atoms with Crippen LogP contribution in [0, 0.1) is 11.8 Å². The van der Waals surface area contributed by atoms with Gasteiger partial charge >= 0.3 is 0 Å². The van der Waals surface area contributed by atoms with Crippen LogP contribution in [0.15, 0.2) is 0 Å². The van der Waals surface area contributed by atoms with E-state index in [4.69, 9.17) is 0 Å². The molecule has 106 valence electrons. The minimum absolute atomic E-state index is 0.157. The summed E-state index contributed by atoms with van der Waals surface area (Å²) < 4.78 is 26.0. The molecule has 2 atom stereocenters. The second-order valence-corrected chi connectivity index (χ2v) is 6.31. The molecule has 0 bridgehead atoms. The van der Waals surface area contributed by atoms with E-state index >= 15 is 0 Å². The van der Waals surface area contributed by atoms with Gasteiger partial charge in [0.2, 0.25) is 11.8 Å². The zero-order valence-electron chi connectivity index (χ0n) is 11.0. The van der Waals surface area contributed by atoms with E-state index in [9.17, 15) is 13.6 Å². The smallest absolute Gasteiger partial charge is 0.248 e. The van der Waals surface area contributed by atoms with Crippen LogP contribution >= 0.6 is 15.9 Å². The Bertz CT molecular complexity index is 282. The first-order valence-electron chi connectivity index (χ1n) is 6.69. The summed E-state index contributed by atoms with van der Waals surface area (Å²) in [5.74, 6) is -2.87. The molecule has 1 amide bonds. The highest BCUT2D eigenvalue weighted by Gasteiger charge is 2.42. The Morgan fingerprint density at radius 1 is 1.44 bits per heavy atom. The van der Waals surface area contributed by atoms with E-state index in [1.807, 2.05) is 0 Å². The largest absolute Gasteiger partial charge is 0.355 e. The van der Waals surface area contributed by atoms with Crippen LogP contribution in [-0.4, -0.2) is 23.2 Å². The lowest BCUT2D eigenvalue weighted by molar-refractivity contribution is -0.125. The molecule has 5 heteroatoms. The van der Waals surface area contributed by atoms with Crippen LogP contribution in [0.5, 0.6) is 0 Å². The Labute approximate surface area is 116 Å². The number of hydrogen-bond acceptors (Lipinski definition) is 1. The number of carbonyl (C=O) groups is 1.